The molecule has 0 fully saturated rings. The predicted molar refractivity (Wildman–Crippen MR) is 66.6 cm³/mol. The van der Waals surface area contributed by atoms with Crippen LogP contribution < -0.4 is 10.1 Å². The summed E-state index contributed by atoms with van der Waals surface area (Å²) in [4.78, 5) is 4.33. The third kappa shape index (κ3) is 4.62. The average molecular weight is 222 g/mol. The molecule has 0 bridgehead atoms. The van der Waals surface area contributed by atoms with Gasteiger partial charge in [-0.25, -0.2) is 0 Å². The van der Waals surface area contributed by atoms with Gasteiger partial charge in [-0.3, -0.25) is 4.98 Å². The summed E-state index contributed by atoms with van der Waals surface area (Å²) in [6.07, 6.45) is 2.95. The maximum atomic E-state index is 5.64. The Morgan fingerprint density at radius 3 is 2.75 bits per heavy atom. The fourth-order valence-corrected chi connectivity index (χ4v) is 1.21. The van der Waals surface area contributed by atoms with Gasteiger partial charge < -0.3 is 10.1 Å². The van der Waals surface area contributed by atoms with Gasteiger partial charge in [-0.15, -0.1) is 0 Å². The van der Waals surface area contributed by atoms with E-state index in [4.69, 9.17) is 4.74 Å². The van der Waals surface area contributed by atoms with E-state index in [1.54, 1.807) is 6.20 Å². The monoisotopic (exact) mass is 222 g/mol. The number of nitrogens with one attached hydrogen (secondary N) is 1. The molecule has 0 saturated heterocycles. The Hall–Kier alpha value is -1.09. The third-order valence-electron chi connectivity index (χ3n) is 2.59. The van der Waals surface area contributed by atoms with Gasteiger partial charge in [-0.05, 0) is 24.6 Å². The van der Waals surface area contributed by atoms with Crippen LogP contribution in [0.1, 0.15) is 32.9 Å². The molecule has 1 aromatic heterocycles. The topological polar surface area (TPSA) is 34.1 Å². The molecule has 0 radical (unpaired) electrons. The van der Waals surface area contributed by atoms with E-state index in [0.29, 0.717) is 5.92 Å². The summed E-state index contributed by atoms with van der Waals surface area (Å²) in [5, 5.41) is 3.24. The van der Waals surface area contributed by atoms with E-state index in [9.17, 15) is 0 Å². The Bertz CT molecular complexity index is 284. The fraction of sp³-hybridized carbons (Fsp3) is 0.615. The first-order valence-electron chi connectivity index (χ1n) is 6.04. The second kappa shape index (κ2) is 7.23. The summed E-state index contributed by atoms with van der Waals surface area (Å²) in [5.41, 5.74) is 1.05. The highest BCUT2D eigenvalue weighted by Crippen LogP contribution is 2.11. The van der Waals surface area contributed by atoms with Crippen molar-refractivity contribution < 1.29 is 4.74 Å². The van der Waals surface area contributed by atoms with Crippen molar-refractivity contribution in [2.45, 2.75) is 33.7 Å². The number of rotatable bonds is 7. The second-order valence-electron chi connectivity index (χ2n) is 4.09. The molecule has 0 spiro atoms. The summed E-state index contributed by atoms with van der Waals surface area (Å²) in [6.45, 7) is 9.00. The molecule has 3 nitrogen and oxygen atoms in total. The van der Waals surface area contributed by atoms with Crippen LogP contribution in [-0.4, -0.2) is 18.1 Å². The van der Waals surface area contributed by atoms with Crippen LogP contribution in [0.15, 0.2) is 18.3 Å². The minimum Gasteiger partial charge on any atom is -0.492 e. The lowest BCUT2D eigenvalue weighted by molar-refractivity contribution is 0.255. The number of hydrogen-bond acceptors (Lipinski definition) is 3. The highest BCUT2D eigenvalue weighted by Gasteiger charge is 2.01. The van der Waals surface area contributed by atoms with Gasteiger partial charge in [0.05, 0.1) is 18.5 Å². The molecule has 1 atom stereocenters. The summed E-state index contributed by atoms with van der Waals surface area (Å²) in [6, 6.07) is 4.00. The largest absolute Gasteiger partial charge is 0.492 e. The molecular weight excluding hydrogens is 200 g/mol. The first-order valence-corrected chi connectivity index (χ1v) is 6.04. The van der Waals surface area contributed by atoms with E-state index in [-0.39, 0.29) is 0 Å². The van der Waals surface area contributed by atoms with Crippen LogP contribution in [0.5, 0.6) is 5.75 Å². The zero-order chi connectivity index (χ0) is 11.8. The molecule has 1 unspecified atom stereocenters. The van der Waals surface area contributed by atoms with Crippen molar-refractivity contribution in [3.63, 3.8) is 0 Å². The smallest absolute Gasteiger partial charge is 0.137 e. The second-order valence-corrected chi connectivity index (χ2v) is 4.09. The van der Waals surface area contributed by atoms with Crippen LogP contribution >= 0.6 is 0 Å². The molecule has 0 aliphatic heterocycles. The highest BCUT2D eigenvalue weighted by atomic mass is 16.5. The van der Waals surface area contributed by atoms with E-state index in [0.717, 1.165) is 37.6 Å². The van der Waals surface area contributed by atoms with Crippen molar-refractivity contribution in [2.75, 3.05) is 13.2 Å². The molecule has 90 valence electrons. The molecule has 0 aromatic carbocycles. The van der Waals surface area contributed by atoms with Gasteiger partial charge in [0, 0.05) is 6.54 Å². The molecule has 3 heteroatoms. The zero-order valence-corrected chi connectivity index (χ0v) is 10.5. The first-order chi connectivity index (χ1) is 7.76. The summed E-state index contributed by atoms with van der Waals surface area (Å²) < 4.78 is 5.64. The molecule has 0 saturated carbocycles. The van der Waals surface area contributed by atoms with Crippen molar-refractivity contribution >= 4 is 0 Å². The Balaban J connectivity index is 2.38. The van der Waals surface area contributed by atoms with Crippen molar-refractivity contribution in [3.8, 4) is 5.75 Å². The van der Waals surface area contributed by atoms with E-state index in [1.165, 1.54) is 0 Å². The van der Waals surface area contributed by atoms with Crippen LogP contribution in [0.3, 0.4) is 0 Å². The Labute approximate surface area is 98.2 Å². The van der Waals surface area contributed by atoms with Gasteiger partial charge >= 0.3 is 0 Å². The third-order valence-corrected chi connectivity index (χ3v) is 2.59. The lowest BCUT2D eigenvalue weighted by Gasteiger charge is -2.10. The van der Waals surface area contributed by atoms with Gasteiger partial charge in [-0.2, -0.15) is 0 Å². The Kier molecular flexibility index (Phi) is 5.86. The lowest BCUT2D eigenvalue weighted by Crippen LogP contribution is -2.13. The number of hydrogen-bond donors (Lipinski definition) is 1. The molecule has 1 N–H and O–H groups in total. The van der Waals surface area contributed by atoms with Crippen molar-refractivity contribution in [3.05, 3.63) is 24.0 Å². The summed E-state index contributed by atoms with van der Waals surface area (Å²) in [7, 11) is 0. The number of nitrogens with zero attached hydrogens (tertiary/aromatic N) is 1. The maximum Gasteiger partial charge on any atom is 0.137 e. The molecule has 1 aromatic rings. The van der Waals surface area contributed by atoms with E-state index < -0.39 is 0 Å². The van der Waals surface area contributed by atoms with Gasteiger partial charge in [0.2, 0.25) is 0 Å². The van der Waals surface area contributed by atoms with Crippen LogP contribution in [0, 0.1) is 5.92 Å². The number of aromatic nitrogens is 1. The van der Waals surface area contributed by atoms with E-state index in [1.807, 2.05) is 12.1 Å². The minimum atomic E-state index is 0.599. The minimum absolute atomic E-state index is 0.599. The zero-order valence-electron chi connectivity index (χ0n) is 10.5. The van der Waals surface area contributed by atoms with Crippen LogP contribution in [0.4, 0.5) is 0 Å². The van der Waals surface area contributed by atoms with Crippen LogP contribution in [-0.2, 0) is 6.54 Å². The molecule has 0 aliphatic carbocycles. The van der Waals surface area contributed by atoms with Crippen molar-refractivity contribution in [1.29, 1.82) is 0 Å². The molecule has 0 aliphatic rings. The van der Waals surface area contributed by atoms with Gasteiger partial charge in [-0.1, -0.05) is 27.2 Å². The molecule has 16 heavy (non-hydrogen) atoms. The predicted octanol–water partition coefficient (Wildman–Crippen LogP) is 2.62. The standard InChI is InChI=1S/C13H22N2O/c1-4-11(3)10-16-13-7-6-12(15-9-13)8-14-5-2/h6-7,9,11,14H,4-5,8,10H2,1-3H3. The van der Waals surface area contributed by atoms with Crippen LogP contribution in [0.25, 0.3) is 0 Å². The molecule has 1 rings (SSSR count). The lowest BCUT2D eigenvalue weighted by atomic mass is 10.1. The van der Waals surface area contributed by atoms with Crippen molar-refractivity contribution in [2.24, 2.45) is 5.92 Å². The number of pyridine rings is 1. The Morgan fingerprint density at radius 2 is 2.19 bits per heavy atom. The number of ether oxygens (including phenoxy) is 1. The van der Waals surface area contributed by atoms with Crippen LogP contribution in [0.2, 0.25) is 0 Å². The maximum absolute atomic E-state index is 5.64. The molecule has 1 heterocycles. The quantitative estimate of drug-likeness (QED) is 0.770. The Morgan fingerprint density at radius 1 is 1.38 bits per heavy atom. The first kappa shape index (κ1) is 13.0. The highest BCUT2D eigenvalue weighted by molar-refractivity contribution is 5.19. The van der Waals surface area contributed by atoms with Gasteiger partial charge in [0.1, 0.15) is 5.75 Å². The van der Waals surface area contributed by atoms with E-state index >= 15 is 0 Å². The summed E-state index contributed by atoms with van der Waals surface area (Å²) >= 11 is 0. The SMILES string of the molecule is CCNCc1ccc(OCC(C)CC)cn1. The van der Waals surface area contributed by atoms with Gasteiger partial charge in [0.15, 0.2) is 0 Å². The fourth-order valence-electron chi connectivity index (χ4n) is 1.21. The summed E-state index contributed by atoms with van der Waals surface area (Å²) in [5.74, 6) is 1.46. The average Bonchev–Trinajstić information content (AvgIpc) is 2.34. The van der Waals surface area contributed by atoms with E-state index in [2.05, 4.69) is 31.1 Å². The normalized spacial score (nSPS) is 12.4. The van der Waals surface area contributed by atoms with Gasteiger partial charge in [0.25, 0.3) is 0 Å². The van der Waals surface area contributed by atoms with Crippen molar-refractivity contribution in [1.82, 2.24) is 10.3 Å². The molecular formula is C13H22N2O. The molecule has 0 amide bonds.